The molecule has 0 spiro atoms. The minimum absolute atomic E-state index is 0.000252. The molecular weight excluding hydrogens is 362 g/mol. The lowest BCUT2D eigenvalue weighted by Crippen LogP contribution is -2.48. The Bertz CT molecular complexity index is 901. The minimum Gasteiger partial charge on any atom is -0.459 e. The number of nitrogens with one attached hydrogen (secondary N) is 2. The van der Waals surface area contributed by atoms with Crippen molar-refractivity contribution in [2.75, 3.05) is 0 Å². The van der Waals surface area contributed by atoms with Gasteiger partial charge in [0.05, 0.1) is 6.04 Å². The smallest absolute Gasteiger partial charge is 0.328 e. The van der Waals surface area contributed by atoms with E-state index in [2.05, 4.69) is 15.1 Å². The summed E-state index contributed by atoms with van der Waals surface area (Å²) in [6.45, 7) is 1.76. The van der Waals surface area contributed by atoms with Crippen molar-refractivity contribution in [2.24, 2.45) is 5.73 Å². The van der Waals surface area contributed by atoms with Gasteiger partial charge < -0.3 is 26.3 Å². The van der Waals surface area contributed by atoms with Crippen LogP contribution in [0.4, 0.5) is 0 Å². The fourth-order valence-electron chi connectivity index (χ4n) is 2.63. The van der Waals surface area contributed by atoms with E-state index in [1.807, 2.05) is 24.3 Å². The van der Waals surface area contributed by atoms with Gasteiger partial charge >= 0.3 is 12.2 Å². The van der Waals surface area contributed by atoms with Crippen LogP contribution in [-0.4, -0.2) is 45.7 Å². The van der Waals surface area contributed by atoms with Gasteiger partial charge in [0.15, 0.2) is 0 Å². The van der Waals surface area contributed by atoms with Crippen LogP contribution < -0.4 is 11.1 Å². The first-order valence-electron chi connectivity index (χ1n) is 8.94. The lowest BCUT2D eigenvalue weighted by atomic mass is 10.1. The minimum atomic E-state index is -1.04. The first kappa shape index (κ1) is 21.0. The van der Waals surface area contributed by atoms with Crippen molar-refractivity contribution < 1.29 is 23.9 Å². The molecule has 2 rings (SSSR count). The van der Waals surface area contributed by atoms with Crippen LogP contribution in [0.15, 0.2) is 30.5 Å². The zero-order chi connectivity index (χ0) is 20.5. The molecule has 0 bridgehead atoms. The Morgan fingerprint density at radius 1 is 1.36 bits per heavy atom. The van der Waals surface area contributed by atoms with Gasteiger partial charge in [0.2, 0.25) is 11.7 Å². The molecule has 2 aromatic rings. The lowest BCUT2D eigenvalue weighted by Gasteiger charge is -2.19. The summed E-state index contributed by atoms with van der Waals surface area (Å²) in [4.78, 5) is 41.9. The number of fused-ring (bicyclic) bond motifs is 1. The second kappa shape index (κ2) is 10.1. The van der Waals surface area contributed by atoms with Crippen molar-refractivity contribution in [1.29, 1.82) is 0 Å². The van der Waals surface area contributed by atoms with Crippen LogP contribution >= 0.6 is 0 Å². The van der Waals surface area contributed by atoms with Crippen LogP contribution in [0.1, 0.15) is 31.7 Å². The number of carbonyl (C=O) groups is 3. The van der Waals surface area contributed by atoms with Crippen LogP contribution in [0.5, 0.6) is 0 Å². The third-order valence-corrected chi connectivity index (χ3v) is 4.30. The van der Waals surface area contributed by atoms with E-state index in [1.54, 1.807) is 13.1 Å². The van der Waals surface area contributed by atoms with Gasteiger partial charge in [-0.15, -0.1) is 0 Å². The number of aromatic nitrogens is 1. The average molecular weight is 385 g/mol. The summed E-state index contributed by atoms with van der Waals surface area (Å²) in [5.41, 5.74) is 15.8. The number of amides is 1. The molecule has 0 aliphatic rings. The molecule has 1 heterocycles. The molecule has 0 aliphatic carbocycles. The molecule has 0 saturated carbocycles. The van der Waals surface area contributed by atoms with Crippen LogP contribution in [0, 0.1) is 0 Å². The standard InChI is InChI=1S/C19H23N5O4/c1-2-15(20)18(26)24-17(8-7-13(25)10-23-21)19(27)28-11-12-9-22-16-6-4-3-5-14(12)16/h3-6,9-10,15,17,22H,2,7-8,11,20H2,1H3,(H,24,26)/t15-,17-/m0/s1. The summed E-state index contributed by atoms with van der Waals surface area (Å²) in [5.74, 6) is -1.65. The third kappa shape index (κ3) is 5.60. The zero-order valence-electron chi connectivity index (χ0n) is 15.6. The van der Waals surface area contributed by atoms with E-state index < -0.39 is 29.7 Å². The highest BCUT2D eigenvalue weighted by molar-refractivity contribution is 6.25. The van der Waals surface area contributed by atoms with Gasteiger partial charge in [0, 0.05) is 29.1 Å². The zero-order valence-corrected chi connectivity index (χ0v) is 15.6. The van der Waals surface area contributed by atoms with E-state index in [9.17, 15) is 14.4 Å². The normalized spacial score (nSPS) is 12.6. The number of Topliss-reactive ketones (excluding diaryl/α,β-unsaturated/α-hetero) is 1. The highest BCUT2D eigenvalue weighted by Crippen LogP contribution is 2.18. The van der Waals surface area contributed by atoms with E-state index in [0.717, 1.165) is 22.7 Å². The van der Waals surface area contributed by atoms with Crippen molar-refractivity contribution in [3.8, 4) is 0 Å². The summed E-state index contributed by atoms with van der Waals surface area (Å²) in [6.07, 6.45) is 2.80. The Kier molecular flexibility index (Phi) is 7.62. The average Bonchev–Trinajstić information content (AvgIpc) is 3.11. The van der Waals surface area contributed by atoms with Crippen molar-refractivity contribution in [3.63, 3.8) is 0 Å². The Hall–Kier alpha value is -3.29. The second-order valence-corrected chi connectivity index (χ2v) is 6.29. The van der Waals surface area contributed by atoms with Gasteiger partial charge in [-0.25, -0.2) is 4.79 Å². The maximum Gasteiger partial charge on any atom is 0.328 e. The van der Waals surface area contributed by atoms with Gasteiger partial charge in [-0.05, 0) is 18.9 Å². The molecule has 28 heavy (non-hydrogen) atoms. The number of nitrogens with zero attached hydrogens (tertiary/aromatic N) is 2. The van der Waals surface area contributed by atoms with Gasteiger partial charge in [0.25, 0.3) is 0 Å². The van der Waals surface area contributed by atoms with E-state index >= 15 is 0 Å². The number of esters is 1. The summed E-state index contributed by atoms with van der Waals surface area (Å²) >= 11 is 0. The number of hydrogen-bond donors (Lipinski definition) is 3. The fourth-order valence-corrected chi connectivity index (χ4v) is 2.63. The predicted octanol–water partition coefficient (Wildman–Crippen LogP) is 1.08. The quantitative estimate of drug-likeness (QED) is 0.242. The van der Waals surface area contributed by atoms with Crippen molar-refractivity contribution in [1.82, 2.24) is 10.3 Å². The molecule has 148 valence electrons. The Balaban J connectivity index is 2.04. The van der Waals surface area contributed by atoms with Crippen molar-refractivity contribution in [3.05, 3.63) is 41.6 Å². The highest BCUT2D eigenvalue weighted by Gasteiger charge is 2.25. The largest absolute Gasteiger partial charge is 0.459 e. The summed E-state index contributed by atoms with van der Waals surface area (Å²) < 4.78 is 5.35. The number of nitrogens with two attached hydrogens (primary N) is 1. The van der Waals surface area contributed by atoms with Crippen LogP contribution in [0.3, 0.4) is 0 Å². The monoisotopic (exact) mass is 385 g/mol. The molecule has 0 aliphatic heterocycles. The molecular formula is C19H23N5O4. The van der Waals surface area contributed by atoms with E-state index in [4.69, 9.17) is 16.0 Å². The highest BCUT2D eigenvalue weighted by atomic mass is 16.5. The Labute approximate surface area is 161 Å². The molecule has 9 nitrogen and oxygen atoms in total. The van der Waals surface area contributed by atoms with E-state index in [-0.39, 0.29) is 19.4 Å². The number of carbonyl (C=O) groups excluding carboxylic acids is 3. The first-order valence-corrected chi connectivity index (χ1v) is 8.94. The van der Waals surface area contributed by atoms with Crippen molar-refractivity contribution >= 4 is 34.8 Å². The fraction of sp³-hybridized carbons (Fsp3) is 0.368. The number of rotatable bonds is 10. The number of H-pyrrole nitrogens is 1. The molecule has 0 saturated heterocycles. The predicted molar refractivity (Wildman–Crippen MR) is 102 cm³/mol. The molecule has 1 amide bonds. The molecule has 0 fully saturated rings. The van der Waals surface area contributed by atoms with E-state index in [1.165, 1.54) is 0 Å². The number of hydrogen-bond acceptors (Lipinski definition) is 5. The number of para-hydroxylation sites is 1. The molecule has 1 aromatic heterocycles. The first-order chi connectivity index (χ1) is 13.5. The van der Waals surface area contributed by atoms with Gasteiger partial charge in [-0.1, -0.05) is 25.1 Å². The topological polar surface area (TPSA) is 151 Å². The maximum atomic E-state index is 12.5. The molecule has 0 radical (unpaired) electrons. The second-order valence-electron chi connectivity index (χ2n) is 6.29. The van der Waals surface area contributed by atoms with Crippen molar-refractivity contribution in [2.45, 2.75) is 44.9 Å². The molecule has 0 unspecified atom stereocenters. The number of aromatic amines is 1. The maximum absolute atomic E-state index is 12.5. The van der Waals surface area contributed by atoms with Crippen LogP contribution in [0.25, 0.3) is 16.4 Å². The van der Waals surface area contributed by atoms with E-state index in [0.29, 0.717) is 6.42 Å². The van der Waals surface area contributed by atoms with Crippen LogP contribution in [0.2, 0.25) is 0 Å². The van der Waals surface area contributed by atoms with Crippen LogP contribution in [-0.2, 0) is 25.7 Å². The Morgan fingerprint density at radius 3 is 2.82 bits per heavy atom. The molecule has 4 N–H and O–H groups in total. The third-order valence-electron chi connectivity index (χ3n) is 4.30. The molecule has 2 atom stereocenters. The number of ether oxygens (including phenoxy) is 1. The number of ketones is 1. The summed E-state index contributed by atoms with van der Waals surface area (Å²) in [7, 11) is 0. The SMILES string of the molecule is CC[C@H](N)C(=O)N[C@@H](CCC(=O)C=[N+]=[N-])C(=O)OCc1c[nH]c2ccccc12. The summed E-state index contributed by atoms with van der Waals surface area (Å²) in [5, 5.41) is 3.46. The molecule has 1 aromatic carbocycles. The van der Waals surface area contributed by atoms with Gasteiger partial charge in [-0.3, -0.25) is 9.59 Å². The number of benzene rings is 1. The molecule has 9 heteroatoms. The van der Waals surface area contributed by atoms with Gasteiger partial charge in [-0.2, -0.15) is 4.79 Å². The Morgan fingerprint density at radius 2 is 2.11 bits per heavy atom. The summed E-state index contributed by atoms with van der Waals surface area (Å²) in [6, 6.07) is 5.78. The lowest BCUT2D eigenvalue weighted by molar-refractivity contribution is -0.149. The van der Waals surface area contributed by atoms with Gasteiger partial charge in [0.1, 0.15) is 12.6 Å².